The molecule has 1 aromatic rings. The smallest absolute Gasteiger partial charge is 0.0426 e. The number of halogens is 1. The quantitative estimate of drug-likeness (QED) is 0.905. The highest BCUT2D eigenvalue weighted by Crippen LogP contribution is 2.16. The van der Waals surface area contributed by atoms with Crippen molar-refractivity contribution in [2.45, 2.75) is 13.0 Å². The number of rotatable bonds is 4. The van der Waals surface area contributed by atoms with Crippen LogP contribution >= 0.6 is 23.4 Å². The summed E-state index contributed by atoms with van der Waals surface area (Å²) in [7, 11) is 0. The van der Waals surface area contributed by atoms with Crippen LogP contribution in [0.15, 0.2) is 24.3 Å². The van der Waals surface area contributed by atoms with E-state index in [-0.39, 0.29) is 0 Å². The van der Waals surface area contributed by atoms with Gasteiger partial charge in [-0.15, -0.1) is 0 Å². The first-order valence-electron chi connectivity index (χ1n) is 6.07. The fourth-order valence-electron chi connectivity index (χ4n) is 2.04. The summed E-state index contributed by atoms with van der Waals surface area (Å²) in [5.74, 6) is 2.53. The number of nitrogens with one attached hydrogen (secondary N) is 1. The second-order valence-corrected chi connectivity index (χ2v) is 5.98. The Bertz CT molecular complexity index is 359. The van der Waals surface area contributed by atoms with Gasteiger partial charge in [-0.05, 0) is 25.1 Å². The molecule has 2 rings (SSSR count). The molecular weight excluding hydrogens is 252 g/mol. The van der Waals surface area contributed by atoms with Gasteiger partial charge in [0.2, 0.25) is 0 Å². The number of anilines is 1. The zero-order valence-corrected chi connectivity index (χ0v) is 11.7. The Morgan fingerprint density at radius 1 is 1.53 bits per heavy atom. The highest BCUT2D eigenvalue weighted by Gasteiger charge is 2.17. The molecule has 1 N–H and O–H groups in total. The van der Waals surface area contributed by atoms with E-state index in [0.717, 1.165) is 23.8 Å². The highest BCUT2D eigenvalue weighted by molar-refractivity contribution is 7.99. The summed E-state index contributed by atoms with van der Waals surface area (Å²) in [5, 5.41) is 4.21. The van der Waals surface area contributed by atoms with E-state index in [9.17, 15) is 0 Å². The highest BCUT2D eigenvalue weighted by atomic mass is 35.5. The van der Waals surface area contributed by atoms with Gasteiger partial charge in [0, 0.05) is 47.9 Å². The summed E-state index contributed by atoms with van der Waals surface area (Å²) < 4.78 is 0. The number of thioether (sulfide) groups is 1. The molecular formula is C13H19ClN2S. The van der Waals surface area contributed by atoms with Crippen molar-refractivity contribution in [1.29, 1.82) is 0 Å². The van der Waals surface area contributed by atoms with Crippen molar-refractivity contribution in [3.05, 3.63) is 29.3 Å². The van der Waals surface area contributed by atoms with Crippen LogP contribution in [0.2, 0.25) is 5.02 Å². The lowest BCUT2D eigenvalue weighted by Crippen LogP contribution is -2.42. The normalized spacial score (nSPS) is 21.4. The molecule has 0 spiro atoms. The molecule has 0 radical (unpaired) electrons. The Hall–Kier alpha value is -0.380. The summed E-state index contributed by atoms with van der Waals surface area (Å²) >= 11 is 8.00. The first-order valence-corrected chi connectivity index (χ1v) is 7.60. The van der Waals surface area contributed by atoms with E-state index in [4.69, 9.17) is 11.6 Å². The standard InChI is InChI=1S/C13H19ClN2S/c1-11-10-17-8-7-16(11)6-5-15-13-4-2-3-12(14)9-13/h2-4,9,11,15H,5-8,10H2,1H3. The van der Waals surface area contributed by atoms with Gasteiger partial charge in [0.1, 0.15) is 0 Å². The first kappa shape index (κ1) is 13.1. The molecule has 94 valence electrons. The molecule has 1 unspecified atom stereocenters. The maximum Gasteiger partial charge on any atom is 0.0426 e. The van der Waals surface area contributed by atoms with Gasteiger partial charge in [-0.2, -0.15) is 11.8 Å². The Kier molecular flexibility index (Phi) is 5.01. The molecule has 0 saturated carbocycles. The van der Waals surface area contributed by atoms with Crippen LogP contribution in [0.5, 0.6) is 0 Å². The summed E-state index contributed by atoms with van der Waals surface area (Å²) in [6, 6.07) is 8.61. The van der Waals surface area contributed by atoms with Gasteiger partial charge in [0.25, 0.3) is 0 Å². The van der Waals surface area contributed by atoms with Crippen molar-refractivity contribution in [3.63, 3.8) is 0 Å². The molecule has 0 amide bonds. The third-order valence-corrected chi connectivity index (χ3v) is 4.48. The number of hydrogen-bond donors (Lipinski definition) is 1. The van der Waals surface area contributed by atoms with E-state index < -0.39 is 0 Å². The molecule has 1 fully saturated rings. The molecule has 0 bridgehead atoms. The van der Waals surface area contributed by atoms with E-state index in [0.29, 0.717) is 6.04 Å². The molecule has 17 heavy (non-hydrogen) atoms. The minimum absolute atomic E-state index is 0.704. The van der Waals surface area contributed by atoms with Crippen molar-refractivity contribution in [1.82, 2.24) is 4.90 Å². The van der Waals surface area contributed by atoms with E-state index in [1.54, 1.807) is 0 Å². The van der Waals surface area contributed by atoms with Gasteiger partial charge in [-0.1, -0.05) is 17.7 Å². The predicted octanol–water partition coefficient (Wildman–Crippen LogP) is 3.19. The maximum absolute atomic E-state index is 5.94. The first-order chi connectivity index (χ1) is 8.25. The minimum atomic E-state index is 0.704. The van der Waals surface area contributed by atoms with Gasteiger partial charge in [-0.3, -0.25) is 4.90 Å². The van der Waals surface area contributed by atoms with Gasteiger partial charge in [-0.25, -0.2) is 0 Å². The lowest BCUT2D eigenvalue weighted by Gasteiger charge is -2.32. The van der Waals surface area contributed by atoms with E-state index in [1.165, 1.54) is 18.1 Å². The van der Waals surface area contributed by atoms with Gasteiger partial charge >= 0.3 is 0 Å². The fraction of sp³-hybridized carbons (Fsp3) is 0.538. The maximum atomic E-state index is 5.94. The molecule has 0 aliphatic carbocycles. The second-order valence-electron chi connectivity index (χ2n) is 4.40. The second kappa shape index (κ2) is 6.53. The zero-order valence-electron chi connectivity index (χ0n) is 10.2. The van der Waals surface area contributed by atoms with Crippen LogP contribution in [0.25, 0.3) is 0 Å². The summed E-state index contributed by atoms with van der Waals surface area (Å²) in [4.78, 5) is 2.55. The van der Waals surface area contributed by atoms with Gasteiger partial charge in [0.15, 0.2) is 0 Å². The lowest BCUT2D eigenvalue weighted by atomic mass is 10.3. The average Bonchev–Trinajstić information content (AvgIpc) is 2.32. The molecule has 1 aliphatic heterocycles. The number of hydrogen-bond acceptors (Lipinski definition) is 3. The third-order valence-electron chi connectivity index (χ3n) is 3.06. The largest absolute Gasteiger partial charge is 0.384 e. The molecule has 2 nitrogen and oxygen atoms in total. The summed E-state index contributed by atoms with van der Waals surface area (Å²) in [5.41, 5.74) is 1.11. The zero-order chi connectivity index (χ0) is 12.1. The number of benzene rings is 1. The van der Waals surface area contributed by atoms with Crippen molar-refractivity contribution in [2.24, 2.45) is 0 Å². The van der Waals surface area contributed by atoms with Gasteiger partial charge < -0.3 is 5.32 Å². The monoisotopic (exact) mass is 270 g/mol. The van der Waals surface area contributed by atoms with Gasteiger partial charge in [0.05, 0.1) is 0 Å². The van der Waals surface area contributed by atoms with Crippen LogP contribution < -0.4 is 5.32 Å². The molecule has 4 heteroatoms. The van der Waals surface area contributed by atoms with Crippen LogP contribution in [0.1, 0.15) is 6.92 Å². The minimum Gasteiger partial charge on any atom is -0.384 e. The topological polar surface area (TPSA) is 15.3 Å². The van der Waals surface area contributed by atoms with Crippen LogP contribution in [-0.2, 0) is 0 Å². The number of nitrogens with zero attached hydrogens (tertiary/aromatic N) is 1. The Morgan fingerprint density at radius 3 is 3.18 bits per heavy atom. The molecule has 1 saturated heterocycles. The van der Waals surface area contributed by atoms with E-state index in [2.05, 4.69) is 35.0 Å². The van der Waals surface area contributed by atoms with Crippen LogP contribution in [-0.4, -0.2) is 42.1 Å². The molecule has 1 aromatic carbocycles. The fourth-order valence-corrected chi connectivity index (χ4v) is 3.31. The molecule has 0 aromatic heterocycles. The summed E-state index contributed by atoms with van der Waals surface area (Å²) in [6.07, 6.45) is 0. The Morgan fingerprint density at radius 2 is 2.41 bits per heavy atom. The Labute approximate surface area is 113 Å². The van der Waals surface area contributed by atoms with Crippen LogP contribution in [0, 0.1) is 0 Å². The van der Waals surface area contributed by atoms with Crippen molar-refractivity contribution < 1.29 is 0 Å². The summed E-state index contributed by atoms with van der Waals surface area (Å²) in [6.45, 7) is 5.61. The Balaban J connectivity index is 1.75. The average molecular weight is 271 g/mol. The molecule has 1 heterocycles. The predicted molar refractivity (Wildman–Crippen MR) is 78.3 cm³/mol. The van der Waals surface area contributed by atoms with Crippen LogP contribution in [0.4, 0.5) is 5.69 Å². The van der Waals surface area contributed by atoms with Crippen molar-refractivity contribution >= 4 is 29.1 Å². The molecule has 1 aliphatic rings. The van der Waals surface area contributed by atoms with E-state index in [1.807, 2.05) is 18.2 Å². The van der Waals surface area contributed by atoms with Crippen LogP contribution in [0.3, 0.4) is 0 Å². The van der Waals surface area contributed by atoms with E-state index >= 15 is 0 Å². The lowest BCUT2D eigenvalue weighted by molar-refractivity contribution is 0.242. The van der Waals surface area contributed by atoms with Crippen molar-refractivity contribution in [2.75, 3.05) is 36.5 Å². The molecule has 1 atom stereocenters. The third kappa shape index (κ3) is 4.09. The van der Waals surface area contributed by atoms with Crippen molar-refractivity contribution in [3.8, 4) is 0 Å². The SMILES string of the molecule is CC1CSCCN1CCNc1cccc(Cl)c1.